The summed E-state index contributed by atoms with van der Waals surface area (Å²) in [6.07, 6.45) is 2.78. The standard InChI is InChI=1S/C15H22N2O2/c1-2-17(9-4-10-18)15(19)13-6-7-14-12(11-13)5-3-8-16-14/h6-7,11,16,18H,2-5,8-10H2,1H3. The Bertz CT molecular complexity index is 446. The van der Waals surface area contributed by atoms with Crippen molar-refractivity contribution in [2.45, 2.75) is 26.2 Å². The zero-order valence-electron chi connectivity index (χ0n) is 11.5. The maximum Gasteiger partial charge on any atom is 0.253 e. The SMILES string of the molecule is CCN(CCCO)C(=O)c1ccc2c(c1)CCCN2. The third-order valence-corrected chi connectivity index (χ3v) is 3.55. The molecular formula is C15H22N2O2. The first-order chi connectivity index (χ1) is 9.26. The number of aliphatic hydroxyl groups is 1. The van der Waals surface area contributed by atoms with Gasteiger partial charge >= 0.3 is 0 Å². The van der Waals surface area contributed by atoms with E-state index in [4.69, 9.17) is 5.11 Å². The van der Waals surface area contributed by atoms with Crippen molar-refractivity contribution in [1.29, 1.82) is 0 Å². The number of hydrogen-bond donors (Lipinski definition) is 2. The molecular weight excluding hydrogens is 240 g/mol. The van der Waals surface area contributed by atoms with Gasteiger partial charge in [-0.2, -0.15) is 0 Å². The molecule has 4 nitrogen and oxygen atoms in total. The van der Waals surface area contributed by atoms with Crippen molar-refractivity contribution >= 4 is 11.6 Å². The Morgan fingerprint density at radius 3 is 3.05 bits per heavy atom. The van der Waals surface area contributed by atoms with E-state index in [9.17, 15) is 4.79 Å². The van der Waals surface area contributed by atoms with Crippen LogP contribution in [0.2, 0.25) is 0 Å². The molecule has 1 aromatic carbocycles. The van der Waals surface area contributed by atoms with E-state index in [2.05, 4.69) is 5.32 Å². The molecule has 1 aliphatic heterocycles. The minimum absolute atomic E-state index is 0.0596. The third-order valence-electron chi connectivity index (χ3n) is 3.55. The van der Waals surface area contributed by atoms with Crippen LogP contribution in [0.5, 0.6) is 0 Å². The van der Waals surface area contributed by atoms with Gasteiger partial charge in [-0.15, -0.1) is 0 Å². The molecule has 0 aromatic heterocycles. The van der Waals surface area contributed by atoms with Gasteiger partial charge in [0.25, 0.3) is 5.91 Å². The molecule has 1 heterocycles. The van der Waals surface area contributed by atoms with Crippen LogP contribution in [0.25, 0.3) is 0 Å². The van der Waals surface area contributed by atoms with Crippen LogP contribution in [0.4, 0.5) is 5.69 Å². The van der Waals surface area contributed by atoms with E-state index < -0.39 is 0 Å². The highest BCUT2D eigenvalue weighted by molar-refractivity contribution is 5.95. The Morgan fingerprint density at radius 1 is 1.47 bits per heavy atom. The maximum absolute atomic E-state index is 12.4. The first kappa shape index (κ1) is 13.9. The molecule has 104 valence electrons. The highest BCUT2D eigenvalue weighted by Gasteiger charge is 2.16. The number of carbonyl (C=O) groups is 1. The summed E-state index contributed by atoms with van der Waals surface area (Å²) in [6.45, 7) is 4.39. The Morgan fingerprint density at radius 2 is 2.32 bits per heavy atom. The molecule has 2 rings (SSSR count). The van der Waals surface area contributed by atoms with E-state index in [1.165, 1.54) is 5.56 Å². The molecule has 0 aliphatic carbocycles. The fraction of sp³-hybridized carbons (Fsp3) is 0.533. The minimum atomic E-state index is 0.0596. The number of rotatable bonds is 5. The Hall–Kier alpha value is -1.55. The number of aryl methyl sites for hydroxylation is 1. The average Bonchev–Trinajstić information content (AvgIpc) is 2.47. The van der Waals surface area contributed by atoms with Gasteiger partial charge in [-0.3, -0.25) is 4.79 Å². The van der Waals surface area contributed by atoms with E-state index in [0.717, 1.165) is 30.6 Å². The molecule has 0 radical (unpaired) electrons. The lowest BCUT2D eigenvalue weighted by atomic mass is 10.0. The molecule has 4 heteroatoms. The lowest BCUT2D eigenvalue weighted by molar-refractivity contribution is 0.0754. The number of fused-ring (bicyclic) bond motifs is 1. The van der Waals surface area contributed by atoms with Crippen LogP contribution >= 0.6 is 0 Å². The monoisotopic (exact) mass is 262 g/mol. The van der Waals surface area contributed by atoms with Crippen LogP contribution in [0.15, 0.2) is 18.2 Å². The number of aliphatic hydroxyl groups excluding tert-OH is 1. The summed E-state index contributed by atoms with van der Waals surface area (Å²) in [5, 5.41) is 12.2. The topological polar surface area (TPSA) is 52.6 Å². The summed E-state index contributed by atoms with van der Waals surface area (Å²) in [6, 6.07) is 5.90. The van der Waals surface area contributed by atoms with Crippen molar-refractivity contribution < 1.29 is 9.90 Å². The molecule has 19 heavy (non-hydrogen) atoms. The van der Waals surface area contributed by atoms with Crippen LogP contribution in [-0.4, -0.2) is 42.2 Å². The lowest BCUT2D eigenvalue weighted by Gasteiger charge is -2.23. The fourth-order valence-corrected chi connectivity index (χ4v) is 2.46. The zero-order chi connectivity index (χ0) is 13.7. The van der Waals surface area contributed by atoms with E-state index in [1.54, 1.807) is 4.90 Å². The van der Waals surface area contributed by atoms with Crippen LogP contribution in [0.1, 0.15) is 35.7 Å². The molecule has 0 atom stereocenters. The predicted octanol–water partition coefficient (Wildman–Crippen LogP) is 1.89. The second kappa shape index (κ2) is 6.57. The second-order valence-corrected chi connectivity index (χ2v) is 4.86. The van der Waals surface area contributed by atoms with Crippen molar-refractivity contribution in [1.82, 2.24) is 4.90 Å². The lowest BCUT2D eigenvalue weighted by Crippen LogP contribution is -2.32. The van der Waals surface area contributed by atoms with Crippen molar-refractivity contribution in [3.63, 3.8) is 0 Å². The number of nitrogens with zero attached hydrogens (tertiary/aromatic N) is 1. The van der Waals surface area contributed by atoms with E-state index >= 15 is 0 Å². The number of amides is 1. The summed E-state index contributed by atoms with van der Waals surface area (Å²) < 4.78 is 0. The van der Waals surface area contributed by atoms with E-state index in [0.29, 0.717) is 19.5 Å². The van der Waals surface area contributed by atoms with Gasteiger partial charge < -0.3 is 15.3 Å². The maximum atomic E-state index is 12.4. The Kier molecular flexibility index (Phi) is 4.80. The summed E-state index contributed by atoms with van der Waals surface area (Å²) >= 11 is 0. The van der Waals surface area contributed by atoms with Crippen LogP contribution in [0, 0.1) is 0 Å². The van der Waals surface area contributed by atoms with Gasteiger partial charge in [-0.05, 0) is 49.9 Å². The van der Waals surface area contributed by atoms with Gasteiger partial charge in [0, 0.05) is 37.5 Å². The van der Waals surface area contributed by atoms with Crippen molar-refractivity contribution in [3.8, 4) is 0 Å². The van der Waals surface area contributed by atoms with Gasteiger partial charge in [0.2, 0.25) is 0 Å². The van der Waals surface area contributed by atoms with Gasteiger partial charge in [-0.25, -0.2) is 0 Å². The third kappa shape index (κ3) is 3.26. The quantitative estimate of drug-likeness (QED) is 0.852. The fourth-order valence-electron chi connectivity index (χ4n) is 2.46. The van der Waals surface area contributed by atoms with Crippen LogP contribution in [-0.2, 0) is 6.42 Å². The Balaban J connectivity index is 2.13. The molecule has 0 spiro atoms. The van der Waals surface area contributed by atoms with Gasteiger partial charge in [0.05, 0.1) is 0 Å². The molecule has 1 amide bonds. The molecule has 2 N–H and O–H groups in total. The van der Waals surface area contributed by atoms with Crippen LogP contribution < -0.4 is 5.32 Å². The molecule has 0 saturated carbocycles. The van der Waals surface area contributed by atoms with Gasteiger partial charge in [-0.1, -0.05) is 0 Å². The highest BCUT2D eigenvalue weighted by atomic mass is 16.3. The summed E-state index contributed by atoms with van der Waals surface area (Å²) in [5.41, 5.74) is 3.14. The highest BCUT2D eigenvalue weighted by Crippen LogP contribution is 2.23. The zero-order valence-corrected chi connectivity index (χ0v) is 11.5. The van der Waals surface area contributed by atoms with Crippen molar-refractivity contribution in [3.05, 3.63) is 29.3 Å². The van der Waals surface area contributed by atoms with Gasteiger partial charge in [0.1, 0.15) is 0 Å². The summed E-state index contributed by atoms with van der Waals surface area (Å²) in [4.78, 5) is 14.2. The number of hydrogen-bond acceptors (Lipinski definition) is 3. The first-order valence-electron chi connectivity index (χ1n) is 7.03. The van der Waals surface area contributed by atoms with E-state index in [1.807, 2.05) is 25.1 Å². The van der Waals surface area contributed by atoms with Crippen molar-refractivity contribution in [2.75, 3.05) is 31.6 Å². The number of benzene rings is 1. The minimum Gasteiger partial charge on any atom is -0.396 e. The smallest absolute Gasteiger partial charge is 0.253 e. The molecule has 1 aliphatic rings. The number of carbonyl (C=O) groups excluding carboxylic acids is 1. The number of anilines is 1. The Labute approximate surface area is 114 Å². The molecule has 1 aromatic rings. The largest absolute Gasteiger partial charge is 0.396 e. The summed E-state index contributed by atoms with van der Waals surface area (Å²) in [5.74, 6) is 0.0596. The first-order valence-corrected chi connectivity index (χ1v) is 7.03. The molecule has 0 fully saturated rings. The van der Waals surface area contributed by atoms with E-state index in [-0.39, 0.29) is 12.5 Å². The van der Waals surface area contributed by atoms with Crippen molar-refractivity contribution in [2.24, 2.45) is 0 Å². The summed E-state index contributed by atoms with van der Waals surface area (Å²) in [7, 11) is 0. The van der Waals surface area contributed by atoms with Gasteiger partial charge in [0.15, 0.2) is 0 Å². The normalized spacial score (nSPS) is 13.6. The molecule has 0 unspecified atom stereocenters. The molecule has 0 saturated heterocycles. The average molecular weight is 262 g/mol. The molecule has 0 bridgehead atoms. The van der Waals surface area contributed by atoms with Crippen LogP contribution in [0.3, 0.4) is 0 Å². The predicted molar refractivity (Wildman–Crippen MR) is 76.5 cm³/mol. The number of nitrogens with one attached hydrogen (secondary N) is 1. The second-order valence-electron chi connectivity index (χ2n) is 4.86.